The fraction of sp³-hybridized carbons (Fsp3) is 0.105. The number of rotatable bonds is 2. The Morgan fingerprint density at radius 2 is 1.54 bits per heavy atom. The maximum Gasteiger partial charge on any atom is 0.344 e. The number of hydrogen-bond acceptors (Lipinski definition) is 4. The van der Waals surface area contributed by atoms with E-state index in [0.717, 1.165) is 15.8 Å². The summed E-state index contributed by atoms with van der Waals surface area (Å²) in [5, 5.41) is 0.733. The van der Waals surface area contributed by atoms with E-state index in [9.17, 15) is 14.4 Å². The Morgan fingerprint density at radius 3 is 2.25 bits per heavy atom. The van der Waals surface area contributed by atoms with E-state index >= 15 is 0 Å². The lowest BCUT2D eigenvalue weighted by Gasteiger charge is -2.14. The Bertz CT molecular complexity index is 1000. The normalized spacial score (nSPS) is 14.6. The molecule has 0 aliphatic carbocycles. The highest BCUT2D eigenvalue weighted by molar-refractivity contribution is 6.20. The molecule has 0 unspecified atom stereocenters. The summed E-state index contributed by atoms with van der Waals surface area (Å²) < 4.78 is 5.41. The predicted molar refractivity (Wildman–Crippen MR) is 89.6 cm³/mol. The number of hydrogen-bond donors (Lipinski definition) is 0. The molecule has 0 spiro atoms. The minimum Gasteiger partial charge on any atom is -0.422 e. The zero-order valence-electron chi connectivity index (χ0n) is 12.7. The molecule has 2 aromatic carbocycles. The van der Waals surface area contributed by atoms with Gasteiger partial charge in [-0.05, 0) is 23.8 Å². The van der Waals surface area contributed by atoms with Crippen LogP contribution in [-0.2, 0) is 9.59 Å². The van der Waals surface area contributed by atoms with E-state index in [1.54, 1.807) is 24.3 Å². The minimum atomic E-state index is -0.454. The van der Waals surface area contributed by atoms with E-state index in [2.05, 4.69) is 0 Å². The molecule has 5 nitrogen and oxygen atoms in total. The first-order chi connectivity index (χ1) is 11.6. The van der Waals surface area contributed by atoms with Crippen LogP contribution in [-0.4, -0.2) is 11.8 Å². The topological polar surface area (TPSA) is 67.6 Å². The third-order valence-corrected chi connectivity index (χ3v) is 4.11. The molecule has 3 aromatic rings. The lowest BCUT2D eigenvalue weighted by atomic mass is 10.1. The summed E-state index contributed by atoms with van der Waals surface area (Å²) in [6.07, 6.45) is 0.432. The van der Waals surface area contributed by atoms with Crippen LogP contribution in [0.2, 0.25) is 0 Å². The summed E-state index contributed by atoms with van der Waals surface area (Å²) >= 11 is 0. The molecule has 0 saturated carbocycles. The number of carbonyl (C=O) groups excluding carboxylic acids is 2. The molecule has 1 aliphatic rings. The monoisotopic (exact) mass is 319 g/mol. The molecule has 5 heteroatoms. The number of fused-ring (bicyclic) bond motifs is 1. The highest BCUT2D eigenvalue weighted by atomic mass is 16.4. The van der Waals surface area contributed by atoms with Crippen LogP contribution in [0.4, 0.5) is 5.69 Å². The molecular formula is C19H13NO4. The Morgan fingerprint density at radius 1 is 0.833 bits per heavy atom. The molecule has 0 bridgehead atoms. The van der Waals surface area contributed by atoms with Crippen LogP contribution in [0, 0.1) is 0 Å². The summed E-state index contributed by atoms with van der Waals surface area (Å²) in [6.45, 7) is 0. The van der Waals surface area contributed by atoms with Crippen molar-refractivity contribution in [1.29, 1.82) is 0 Å². The molecular weight excluding hydrogens is 306 g/mol. The van der Waals surface area contributed by atoms with Crippen LogP contribution in [0.1, 0.15) is 12.8 Å². The van der Waals surface area contributed by atoms with Crippen LogP contribution in [0.15, 0.2) is 63.8 Å². The summed E-state index contributed by atoms with van der Waals surface area (Å²) in [5.74, 6) is -0.467. The molecule has 0 radical (unpaired) electrons. The maximum absolute atomic E-state index is 12.3. The van der Waals surface area contributed by atoms with Gasteiger partial charge in [-0.2, -0.15) is 0 Å². The second-order valence-electron chi connectivity index (χ2n) is 5.66. The number of amides is 2. The van der Waals surface area contributed by atoms with Crippen molar-refractivity contribution in [1.82, 2.24) is 0 Å². The Balaban J connectivity index is 1.84. The standard InChI is InChI=1S/C19H13NO4/c21-17-8-9-18(22)20(17)14-7-6-13-10-15(12-4-2-1-3-5-12)19(23)24-16(13)11-14/h1-7,10-11H,8-9H2. The first kappa shape index (κ1) is 14.4. The fourth-order valence-corrected chi connectivity index (χ4v) is 2.92. The van der Waals surface area contributed by atoms with Crippen molar-refractivity contribution >= 4 is 28.5 Å². The summed E-state index contributed by atoms with van der Waals surface area (Å²) in [4.78, 5) is 37.1. The van der Waals surface area contributed by atoms with Gasteiger partial charge in [-0.25, -0.2) is 4.79 Å². The highest BCUT2D eigenvalue weighted by Gasteiger charge is 2.30. The summed E-state index contributed by atoms with van der Waals surface area (Å²) in [6, 6.07) is 16.0. The van der Waals surface area contributed by atoms with E-state index in [1.807, 2.05) is 30.3 Å². The molecule has 1 saturated heterocycles. The average Bonchev–Trinajstić information content (AvgIpc) is 2.93. The van der Waals surface area contributed by atoms with E-state index in [4.69, 9.17) is 4.42 Å². The minimum absolute atomic E-state index is 0.216. The van der Waals surface area contributed by atoms with Crippen molar-refractivity contribution in [3.8, 4) is 11.1 Å². The van der Waals surface area contributed by atoms with Crippen LogP contribution < -0.4 is 10.5 Å². The molecule has 1 aromatic heterocycles. The number of imide groups is 1. The van der Waals surface area contributed by atoms with Crippen molar-refractivity contribution in [3.63, 3.8) is 0 Å². The van der Waals surface area contributed by atoms with Crippen LogP contribution in [0.25, 0.3) is 22.1 Å². The molecule has 1 aliphatic heterocycles. The van der Waals surface area contributed by atoms with E-state index in [-0.39, 0.29) is 24.7 Å². The maximum atomic E-state index is 12.3. The quantitative estimate of drug-likeness (QED) is 0.537. The number of benzene rings is 2. The van der Waals surface area contributed by atoms with Gasteiger partial charge in [-0.1, -0.05) is 30.3 Å². The smallest absolute Gasteiger partial charge is 0.344 e. The second-order valence-corrected chi connectivity index (χ2v) is 5.66. The molecule has 4 rings (SSSR count). The van der Waals surface area contributed by atoms with Gasteiger partial charge in [0.15, 0.2) is 0 Å². The molecule has 0 atom stereocenters. The van der Waals surface area contributed by atoms with Gasteiger partial charge in [0.05, 0.1) is 11.3 Å². The van der Waals surface area contributed by atoms with Crippen LogP contribution >= 0.6 is 0 Å². The van der Waals surface area contributed by atoms with Crippen LogP contribution in [0.3, 0.4) is 0 Å². The van der Waals surface area contributed by atoms with Gasteiger partial charge in [0, 0.05) is 24.3 Å². The zero-order valence-corrected chi connectivity index (χ0v) is 12.7. The Hall–Kier alpha value is -3.21. The molecule has 2 amide bonds. The molecule has 1 fully saturated rings. The first-order valence-corrected chi connectivity index (χ1v) is 7.62. The number of carbonyl (C=O) groups is 2. The largest absolute Gasteiger partial charge is 0.422 e. The predicted octanol–water partition coefficient (Wildman–Crippen LogP) is 3.11. The number of anilines is 1. The third-order valence-electron chi connectivity index (χ3n) is 4.11. The second kappa shape index (κ2) is 5.45. The lowest BCUT2D eigenvalue weighted by molar-refractivity contribution is -0.121. The van der Waals surface area contributed by atoms with Crippen molar-refractivity contribution in [2.75, 3.05) is 4.90 Å². The van der Waals surface area contributed by atoms with Crippen molar-refractivity contribution in [2.24, 2.45) is 0 Å². The van der Waals surface area contributed by atoms with E-state index < -0.39 is 5.63 Å². The van der Waals surface area contributed by atoms with Gasteiger partial charge >= 0.3 is 5.63 Å². The van der Waals surface area contributed by atoms with Crippen LogP contribution in [0.5, 0.6) is 0 Å². The van der Waals surface area contributed by atoms with Crippen molar-refractivity contribution in [2.45, 2.75) is 12.8 Å². The van der Waals surface area contributed by atoms with Gasteiger partial charge < -0.3 is 4.42 Å². The van der Waals surface area contributed by atoms with Gasteiger partial charge in [-0.15, -0.1) is 0 Å². The molecule has 2 heterocycles. The summed E-state index contributed by atoms with van der Waals surface area (Å²) in [5.41, 5.74) is 1.59. The zero-order chi connectivity index (χ0) is 16.7. The van der Waals surface area contributed by atoms with Crippen molar-refractivity contribution in [3.05, 3.63) is 65.0 Å². The molecule has 0 N–H and O–H groups in total. The van der Waals surface area contributed by atoms with E-state index in [1.165, 1.54) is 0 Å². The summed E-state index contributed by atoms with van der Waals surface area (Å²) in [7, 11) is 0. The average molecular weight is 319 g/mol. The van der Waals surface area contributed by atoms with Crippen molar-refractivity contribution < 1.29 is 14.0 Å². The SMILES string of the molecule is O=C1CCC(=O)N1c1ccc2cc(-c3ccccc3)c(=O)oc2c1. The fourth-order valence-electron chi connectivity index (χ4n) is 2.92. The highest BCUT2D eigenvalue weighted by Crippen LogP contribution is 2.28. The lowest BCUT2D eigenvalue weighted by Crippen LogP contribution is -2.28. The van der Waals surface area contributed by atoms with Gasteiger partial charge in [-0.3, -0.25) is 14.5 Å². The first-order valence-electron chi connectivity index (χ1n) is 7.62. The van der Waals surface area contributed by atoms with Gasteiger partial charge in [0.2, 0.25) is 11.8 Å². The van der Waals surface area contributed by atoms with Gasteiger partial charge in [0.25, 0.3) is 0 Å². The van der Waals surface area contributed by atoms with E-state index in [0.29, 0.717) is 16.8 Å². The molecule has 24 heavy (non-hydrogen) atoms. The Kier molecular flexibility index (Phi) is 3.27. The third kappa shape index (κ3) is 2.31. The number of nitrogens with zero attached hydrogens (tertiary/aromatic N) is 1. The Labute approximate surface area is 137 Å². The van der Waals surface area contributed by atoms with Gasteiger partial charge in [0.1, 0.15) is 5.58 Å². The molecule has 118 valence electrons.